The predicted octanol–water partition coefficient (Wildman–Crippen LogP) is 2.22. The van der Waals surface area contributed by atoms with Crippen LogP contribution >= 0.6 is 0 Å². The summed E-state index contributed by atoms with van der Waals surface area (Å²) in [5.41, 5.74) is 0. The van der Waals surface area contributed by atoms with Crippen molar-refractivity contribution >= 4 is 0 Å². The lowest BCUT2D eigenvalue weighted by molar-refractivity contribution is -0.0967. The molecule has 1 aliphatic carbocycles. The van der Waals surface area contributed by atoms with Gasteiger partial charge in [0, 0.05) is 19.1 Å². The number of rotatable bonds is 6. The van der Waals surface area contributed by atoms with Crippen molar-refractivity contribution in [1.82, 2.24) is 4.90 Å². The van der Waals surface area contributed by atoms with Gasteiger partial charge in [0.05, 0.1) is 25.4 Å². The molecular weight excluding hydrogens is 226 g/mol. The molecule has 0 radical (unpaired) electrons. The minimum absolute atomic E-state index is 0.312. The summed E-state index contributed by atoms with van der Waals surface area (Å²) in [6.45, 7) is 7.61. The molecule has 3 rings (SSSR count). The van der Waals surface area contributed by atoms with Crippen LogP contribution in [-0.4, -0.2) is 49.5 Å². The maximum Gasteiger partial charge on any atom is 0.0813 e. The van der Waals surface area contributed by atoms with Gasteiger partial charge >= 0.3 is 0 Å². The summed E-state index contributed by atoms with van der Waals surface area (Å²) < 4.78 is 11.7. The molecule has 0 spiro atoms. The monoisotopic (exact) mass is 251 g/mol. The van der Waals surface area contributed by atoms with Crippen molar-refractivity contribution in [2.75, 3.05) is 26.3 Å². The van der Waals surface area contributed by atoms with Crippen molar-refractivity contribution in [2.24, 2.45) is 5.92 Å². The average molecular weight is 251 g/mol. The van der Waals surface area contributed by atoms with Crippen LogP contribution in [0.4, 0.5) is 0 Å². The van der Waals surface area contributed by atoms with Gasteiger partial charge in [-0.3, -0.25) is 4.90 Å². The number of likely N-dealkylation sites (tertiary alicyclic amines) is 1. The Morgan fingerprint density at radius 3 is 2.89 bits per heavy atom. The molecule has 0 aromatic carbocycles. The molecule has 0 unspecified atom stereocenters. The highest BCUT2D eigenvalue weighted by atomic mass is 16.5. The fourth-order valence-corrected chi connectivity index (χ4v) is 3.35. The van der Waals surface area contributed by atoms with Gasteiger partial charge in [-0.2, -0.15) is 0 Å². The van der Waals surface area contributed by atoms with E-state index in [-0.39, 0.29) is 0 Å². The molecule has 3 aliphatic rings. The van der Waals surface area contributed by atoms with Gasteiger partial charge in [0.2, 0.25) is 0 Å². The summed E-state index contributed by atoms with van der Waals surface area (Å²) in [6.07, 6.45) is 9.15. The number of hydrogen-bond donors (Lipinski definition) is 0. The second-order valence-corrected chi connectivity index (χ2v) is 5.99. The Kier molecular flexibility index (Phi) is 4.02. The maximum atomic E-state index is 6.19. The number of ether oxygens (including phenoxy) is 2. The van der Waals surface area contributed by atoms with Gasteiger partial charge in [-0.15, -0.1) is 6.58 Å². The first-order chi connectivity index (χ1) is 8.86. The molecule has 2 aliphatic heterocycles. The van der Waals surface area contributed by atoms with Crippen LogP contribution in [0.2, 0.25) is 0 Å². The first-order valence-electron chi connectivity index (χ1n) is 7.45. The second-order valence-electron chi connectivity index (χ2n) is 5.99. The van der Waals surface area contributed by atoms with E-state index in [0.717, 1.165) is 18.9 Å². The molecule has 0 N–H and O–H groups in total. The van der Waals surface area contributed by atoms with Crippen molar-refractivity contribution in [3.63, 3.8) is 0 Å². The van der Waals surface area contributed by atoms with Gasteiger partial charge in [0.25, 0.3) is 0 Å². The predicted molar refractivity (Wildman–Crippen MR) is 71.6 cm³/mol. The van der Waals surface area contributed by atoms with E-state index in [4.69, 9.17) is 9.47 Å². The molecule has 0 aromatic heterocycles. The zero-order valence-electron chi connectivity index (χ0n) is 11.2. The third-order valence-electron chi connectivity index (χ3n) is 4.48. The molecule has 3 nitrogen and oxygen atoms in total. The fourth-order valence-electron chi connectivity index (χ4n) is 3.35. The number of fused-ring (bicyclic) bond motifs is 1. The summed E-state index contributed by atoms with van der Waals surface area (Å²) in [5.74, 6) is 0.998. The maximum absolute atomic E-state index is 6.19. The summed E-state index contributed by atoms with van der Waals surface area (Å²) >= 11 is 0. The van der Waals surface area contributed by atoms with Crippen LogP contribution in [-0.2, 0) is 9.47 Å². The van der Waals surface area contributed by atoms with E-state index in [0.29, 0.717) is 24.9 Å². The zero-order valence-corrected chi connectivity index (χ0v) is 11.2. The quantitative estimate of drug-likeness (QED) is 0.534. The minimum Gasteiger partial charge on any atom is -0.375 e. The fraction of sp³-hybridized carbons (Fsp3) is 0.867. The third kappa shape index (κ3) is 2.95. The SMILES string of the molecule is C=CCOC[C@H]1CC[C@@H]2[C@@H](CCN2CC2CC2)O1. The van der Waals surface area contributed by atoms with Gasteiger partial charge in [-0.05, 0) is 38.0 Å². The standard InChI is InChI=1S/C15H25NO2/c1-2-9-17-11-13-5-6-14-15(18-13)7-8-16(14)10-12-3-4-12/h2,12-15H,1,3-11H2/t13-,14-,15-/m1/s1. The molecule has 1 saturated carbocycles. The van der Waals surface area contributed by atoms with E-state index in [9.17, 15) is 0 Å². The van der Waals surface area contributed by atoms with E-state index in [1.807, 2.05) is 0 Å². The zero-order chi connectivity index (χ0) is 12.4. The molecule has 18 heavy (non-hydrogen) atoms. The highest BCUT2D eigenvalue weighted by Crippen LogP contribution is 2.36. The summed E-state index contributed by atoms with van der Waals surface area (Å²) in [7, 11) is 0. The van der Waals surface area contributed by atoms with Gasteiger partial charge in [0.15, 0.2) is 0 Å². The van der Waals surface area contributed by atoms with E-state index in [1.54, 1.807) is 6.08 Å². The molecule has 0 aromatic rings. The average Bonchev–Trinajstić information content (AvgIpc) is 3.11. The topological polar surface area (TPSA) is 21.7 Å². The Hall–Kier alpha value is -0.380. The van der Waals surface area contributed by atoms with Crippen molar-refractivity contribution in [1.29, 1.82) is 0 Å². The van der Waals surface area contributed by atoms with Crippen molar-refractivity contribution < 1.29 is 9.47 Å². The lowest BCUT2D eigenvalue weighted by Gasteiger charge is -2.36. The molecule has 0 bridgehead atoms. The van der Waals surface area contributed by atoms with Crippen LogP contribution in [0.15, 0.2) is 12.7 Å². The second kappa shape index (κ2) is 5.72. The first kappa shape index (κ1) is 12.6. The lowest BCUT2D eigenvalue weighted by Crippen LogP contribution is -2.44. The molecule has 0 amide bonds. The number of hydrogen-bond acceptors (Lipinski definition) is 3. The van der Waals surface area contributed by atoms with E-state index >= 15 is 0 Å². The van der Waals surface area contributed by atoms with E-state index < -0.39 is 0 Å². The Morgan fingerprint density at radius 2 is 2.11 bits per heavy atom. The Labute approximate surface area is 110 Å². The van der Waals surface area contributed by atoms with Crippen LogP contribution in [0.3, 0.4) is 0 Å². The highest BCUT2D eigenvalue weighted by molar-refractivity contribution is 4.94. The Morgan fingerprint density at radius 1 is 1.22 bits per heavy atom. The van der Waals surface area contributed by atoms with Crippen LogP contribution in [0.25, 0.3) is 0 Å². The van der Waals surface area contributed by atoms with Gasteiger partial charge in [-0.25, -0.2) is 0 Å². The third-order valence-corrected chi connectivity index (χ3v) is 4.48. The lowest BCUT2D eigenvalue weighted by atomic mass is 9.99. The number of nitrogens with zero attached hydrogens (tertiary/aromatic N) is 1. The molecule has 102 valence electrons. The first-order valence-corrected chi connectivity index (χ1v) is 7.45. The van der Waals surface area contributed by atoms with Crippen molar-refractivity contribution in [3.8, 4) is 0 Å². The summed E-state index contributed by atoms with van der Waals surface area (Å²) in [6, 6.07) is 0.696. The van der Waals surface area contributed by atoms with Crippen LogP contribution in [0.1, 0.15) is 32.1 Å². The van der Waals surface area contributed by atoms with E-state index in [1.165, 1.54) is 38.8 Å². The Bertz CT molecular complexity index is 290. The Balaban J connectivity index is 1.45. The normalized spacial score (nSPS) is 36.6. The molecule has 2 saturated heterocycles. The largest absolute Gasteiger partial charge is 0.375 e. The van der Waals surface area contributed by atoms with Crippen molar-refractivity contribution in [2.45, 2.75) is 50.4 Å². The molecule has 3 fully saturated rings. The van der Waals surface area contributed by atoms with Crippen molar-refractivity contribution in [3.05, 3.63) is 12.7 Å². The molecule has 3 heteroatoms. The van der Waals surface area contributed by atoms with Crippen LogP contribution in [0.5, 0.6) is 0 Å². The summed E-state index contributed by atoms with van der Waals surface area (Å²) in [4.78, 5) is 2.68. The van der Waals surface area contributed by atoms with Gasteiger partial charge in [-0.1, -0.05) is 6.08 Å². The van der Waals surface area contributed by atoms with Crippen LogP contribution in [0, 0.1) is 5.92 Å². The van der Waals surface area contributed by atoms with Crippen LogP contribution < -0.4 is 0 Å². The van der Waals surface area contributed by atoms with Gasteiger partial charge in [0.1, 0.15) is 0 Å². The van der Waals surface area contributed by atoms with Gasteiger partial charge < -0.3 is 9.47 Å². The van der Waals surface area contributed by atoms with E-state index in [2.05, 4.69) is 11.5 Å². The smallest absolute Gasteiger partial charge is 0.0813 e. The molecule has 3 atom stereocenters. The molecule has 2 heterocycles. The highest BCUT2D eigenvalue weighted by Gasteiger charge is 2.41. The summed E-state index contributed by atoms with van der Waals surface area (Å²) in [5, 5.41) is 0. The molecular formula is C15H25NO2. The minimum atomic E-state index is 0.312.